The Morgan fingerprint density at radius 2 is 2.14 bits per heavy atom. The summed E-state index contributed by atoms with van der Waals surface area (Å²) in [5.41, 5.74) is -0.700. The highest BCUT2D eigenvalue weighted by Gasteiger charge is 2.26. The number of halogens is 2. The molecule has 0 fully saturated rings. The van der Waals surface area contributed by atoms with Crippen molar-refractivity contribution < 1.29 is 22.7 Å². The van der Waals surface area contributed by atoms with Crippen LogP contribution in [0.5, 0.6) is 0 Å². The standard InChI is InChI=1S/C11H9ClFN3O4S/c1-16-4-7(14-15-16)5-21(19,20)9-3-6(12)2-8(10(9)13)11(17)18/h2-4H,5H2,1H3,(H,17,18). The van der Waals surface area contributed by atoms with E-state index in [-0.39, 0.29) is 10.7 Å². The van der Waals surface area contributed by atoms with Gasteiger partial charge in [-0.1, -0.05) is 16.8 Å². The highest BCUT2D eigenvalue weighted by Crippen LogP contribution is 2.26. The molecule has 7 nitrogen and oxygen atoms in total. The predicted molar refractivity (Wildman–Crippen MR) is 70.3 cm³/mol. The van der Waals surface area contributed by atoms with Gasteiger partial charge < -0.3 is 5.11 Å². The average Bonchev–Trinajstić information content (AvgIpc) is 2.76. The number of aryl methyl sites for hydroxylation is 1. The van der Waals surface area contributed by atoms with Gasteiger partial charge in [0.1, 0.15) is 10.6 Å². The minimum Gasteiger partial charge on any atom is -0.478 e. The van der Waals surface area contributed by atoms with Crippen LogP contribution in [-0.4, -0.2) is 34.5 Å². The summed E-state index contributed by atoms with van der Waals surface area (Å²) in [6.45, 7) is 0. The summed E-state index contributed by atoms with van der Waals surface area (Å²) < 4.78 is 39.7. The van der Waals surface area contributed by atoms with Crippen molar-refractivity contribution >= 4 is 27.4 Å². The largest absolute Gasteiger partial charge is 0.478 e. The van der Waals surface area contributed by atoms with Crippen LogP contribution in [0.1, 0.15) is 16.1 Å². The molecule has 0 bridgehead atoms. The predicted octanol–water partition coefficient (Wildman–Crippen LogP) is 1.28. The quantitative estimate of drug-likeness (QED) is 0.904. The number of nitrogens with zero attached hydrogens (tertiary/aromatic N) is 3. The van der Waals surface area contributed by atoms with Crippen molar-refractivity contribution in [2.75, 3.05) is 0 Å². The van der Waals surface area contributed by atoms with Crippen molar-refractivity contribution in [1.29, 1.82) is 0 Å². The summed E-state index contributed by atoms with van der Waals surface area (Å²) in [4.78, 5) is 10.1. The van der Waals surface area contributed by atoms with Crippen LogP contribution in [0, 0.1) is 5.82 Å². The van der Waals surface area contributed by atoms with Gasteiger partial charge in [-0.2, -0.15) is 0 Å². The highest BCUT2D eigenvalue weighted by molar-refractivity contribution is 7.90. The van der Waals surface area contributed by atoms with Gasteiger partial charge in [-0.25, -0.2) is 17.6 Å². The van der Waals surface area contributed by atoms with Crippen LogP contribution in [0.4, 0.5) is 4.39 Å². The van der Waals surface area contributed by atoms with E-state index in [1.807, 2.05) is 0 Å². The third-order valence-corrected chi connectivity index (χ3v) is 4.42. The maximum absolute atomic E-state index is 14.0. The molecule has 0 amide bonds. The van der Waals surface area contributed by atoms with Crippen LogP contribution in [-0.2, 0) is 22.6 Å². The number of carbonyl (C=O) groups is 1. The number of benzene rings is 1. The molecule has 2 rings (SSSR count). The van der Waals surface area contributed by atoms with E-state index in [0.717, 1.165) is 12.1 Å². The Kier molecular flexibility index (Phi) is 3.97. The van der Waals surface area contributed by atoms with Gasteiger partial charge in [0.25, 0.3) is 0 Å². The number of carboxylic acid groups (broad SMARTS) is 1. The molecule has 1 N–H and O–H groups in total. The number of hydrogen-bond donors (Lipinski definition) is 1. The summed E-state index contributed by atoms with van der Waals surface area (Å²) in [7, 11) is -2.60. The smallest absolute Gasteiger partial charge is 0.338 e. The summed E-state index contributed by atoms with van der Waals surface area (Å²) in [5.74, 6) is -3.57. The van der Waals surface area contributed by atoms with E-state index in [2.05, 4.69) is 10.3 Å². The van der Waals surface area contributed by atoms with Gasteiger partial charge in [0.15, 0.2) is 15.7 Å². The first-order valence-electron chi connectivity index (χ1n) is 5.51. The van der Waals surface area contributed by atoms with Gasteiger partial charge >= 0.3 is 5.97 Å². The molecule has 0 aliphatic rings. The Bertz CT molecular complexity index is 819. The molecule has 0 saturated carbocycles. The zero-order valence-electron chi connectivity index (χ0n) is 10.6. The normalized spacial score (nSPS) is 11.6. The van der Waals surface area contributed by atoms with Crippen molar-refractivity contribution in [1.82, 2.24) is 15.0 Å². The SMILES string of the molecule is Cn1cc(CS(=O)(=O)c2cc(Cl)cc(C(=O)O)c2F)nn1. The van der Waals surface area contributed by atoms with Crippen molar-refractivity contribution in [2.45, 2.75) is 10.6 Å². The lowest BCUT2D eigenvalue weighted by Crippen LogP contribution is -2.11. The van der Waals surface area contributed by atoms with Gasteiger partial charge in [0.2, 0.25) is 0 Å². The number of carboxylic acids is 1. The number of hydrogen-bond acceptors (Lipinski definition) is 5. The first kappa shape index (κ1) is 15.4. The molecule has 1 heterocycles. The molecule has 0 saturated heterocycles. The lowest BCUT2D eigenvalue weighted by atomic mass is 10.2. The van der Waals surface area contributed by atoms with Gasteiger partial charge in [0.05, 0.1) is 11.3 Å². The first-order chi connectivity index (χ1) is 9.70. The zero-order chi connectivity index (χ0) is 15.8. The third kappa shape index (κ3) is 3.19. The molecule has 21 heavy (non-hydrogen) atoms. The van der Waals surface area contributed by atoms with E-state index in [9.17, 15) is 17.6 Å². The molecule has 1 aromatic carbocycles. The molecule has 2 aromatic rings. The topological polar surface area (TPSA) is 102 Å². The Morgan fingerprint density at radius 3 is 2.67 bits per heavy atom. The lowest BCUT2D eigenvalue weighted by molar-refractivity contribution is 0.0691. The average molecular weight is 334 g/mol. The second kappa shape index (κ2) is 5.41. The van der Waals surface area contributed by atoms with Crippen molar-refractivity contribution in [3.63, 3.8) is 0 Å². The molecule has 0 atom stereocenters. The Balaban J connectivity index is 2.52. The monoisotopic (exact) mass is 333 g/mol. The summed E-state index contributed by atoms with van der Waals surface area (Å²) in [6.07, 6.45) is 1.36. The molecule has 0 radical (unpaired) electrons. The second-order valence-electron chi connectivity index (χ2n) is 4.21. The number of sulfone groups is 1. The fraction of sp³-hybridized carbons (Fsp3) is 0.182. The third-order valence-electron chi connectivity index (χ3n) is 2.56. The molecule has 1 aromatic heterocycles. The summed E-state index contributed by atoms with van der Waals surface area (Å²) in [6, 6.07) is 1.72. The van der Waals surface area contributed by atoms with Crippen LogP contribution in [0.2, 0.25) is 5.02 Å². The molecule has 112 valence electrons. The van der Waals surface area contributed by atoms with E-state index >= 15 is 0 Å². The fourth-order valence-electron chi connectivity index (χ4n) is 1.68. The van der Waals surface area contributed by atoms with Crippen molar-refractivity contribution in [2.24, 2.45) is 7.05 Å². The molecule has 0 spiro atoms. The van der Waals surface area contributed by atoms with Gasteiger partial charge in [0, 0.05) is 18.3 Å². The van der Waals surface area contributed by atoms with Gasteiger partial charge in [-0.05, 0) is 12.1 Å². The van der Waals surface area contributed by atoms with E-state index in [1.165, 1.54) is 10.9 Å². The van der Waals surface area contributed by atoms with Gasteiger partial charge in [-0.15, -0.1) is 5.10 Å². The van der Waals surface area contributed by atoms with E-state index in [4.69, 9.17) is 16.7 Å². The summed E-state index contributed by atoms with van der Waals surface area (Å²) in [5, 5.41) is 15.8. The molecule has 0 aliphatic carbocycles. The molecule has 10 heteroatoms. The Labute approximate surface area is 123 Å². The van der Waals surface area contributed by atoms with Crippen LogP contribution >= 0.6 is 11.6 Å². The first-order valence-corrected chi connectivity index (χ1v) is 7.54. The van der Waals surface area contributed by atoms with Gasteiger partial charge in [-0.3, -0.25) is 4.68 Å². The fourth-order valence-corrected chi connectivity index (χ4v) is 3.33. The Hall–Kier alpha value is -2.00. The molecular formula is C11H9ClFN3O4S. The summed E-state index contributed by atoms with van der Waals surface area (Å²) >= 11 is 5.65. The van der Waals surface area contributed by atoms with Crippen molar-refractivity contribution in [3.8, 4) is 0 Å². The zero-order valence-corrected chi connectivity index (χ0v) is 12.2. The second-order valence-corrected chi connectivity index (χ2v) is 6.61. The minimum absolute atomic E-state index is 0.105. The number of aromatic nitrogens is 3. The highest BCUT2D eigenvalue weighted by atomic mass is 35.5. The minimum atomic E-state index is -4.15. The van der Waals surface area contributed by atoms with E-state index in [1.54, 1.807) is 7.05 Å². The molecular weight excluding hydrogens is 325 g/mol. The van der Waals surface area contributed by atoms with Crippen LogP contribution in [0.15, 0.2) is 23.2 Å². The molecule has 0 unspecified atom stereocenters. The maximum Gasteiger partial charge on any atom is 0.338 e. The molecule has 0 aliphatic heterocycles. The number of rotatable bonds is 4. The van der Waals surface area contributed by atoms with Crippen LogP contribution < -0.4 is 0 Å². The lowest BCUT2D eigenvalue weighted by Gasteiger charge is -2.07. The van der Waals surface area contributed by atoms with E-state index in [0.29, 0.717) is 0 Å². The van der Waals surface area contributed by atoms with Crippen molar-refractivity contribution in [3.05, 3.63) is 40.4 Å². The Morgan fingerprint density at radius 1 is 1.48 bits per heavy atom. The van der Waals surface area contributed by atoms with E-state index < -0.39 is 37.8 Å². The van der Waals surface area contributed by atoms with Crippen LogP contribution in [0.3, 0.4) is 0 Å². The van der Waals surface area contributed by atoms with Crippen LogP contribution in [0.25, 0.3) is 0 Å². The maximum atomic E-state index is 14.0. The number of aromatic carboxylic acids is 1.